The molecular weight excluding hydrogens is 392 g/mol. The Balaban J connectivity index is 0. The van der Waals surface area contributed by atoms with E-state index in [0.29, 0.717) is 0 Å². The maximum absolute atomic E-state index is 9.24. The van der Waals surface area contributed by atoms with Crippen molar-refractivity contribution in [2.45, 2.75) is 6.55 Å². The topological polar surface area (TPSA) is 107 Å². The normalized spacial score (nSPS) is 11.9. The Hall–Kier alpha value is -0.449. The van der Waals surface area contributed by atoms with E-state index < -0.39 is 26.9 Å². The molecule has 0 saturated carbocycles. The van der Waals surface area contributed by atoms with Crippen LogP contribution in [-0.4, -0.2) is 96.4 Å². The fourth-order valence-corrected chi connectivity index (χ4v) is 3.97. The molecule has 0 bridgehead atoms. The Bertz CT molecular complexity index is 387. The van der Waals surface area contributed by atoms with Crippen LogP contribution in [0.4, 0.5) is 0 Å². The average Bonchev–Trinajstić information content (AvgIpc) is 2.72. The summed E-state index contributed by atoms with van der Waals surface area (Å²) in [5, 5.41) is 26.8. The van der Waals surface area contributed by atoms with Crippen LogP contribution in [0.5, 0.6) is 0 Å². The fourth-order valence-electron chi connectivity index (χ4n) is 1.55. The standard InChI is InChI=1S/C9H14O3Si.C3H10O3Si.C3H10O2Si/c1-11-13(8-10,12-2)9-6-4-3-5-7-9;1-5-7(3-4)6-2;1-5-6(2)3-4/h3-7,10H,8H2,1-2H3;4,7H,3H2,1-2H3;4,6H,3H2,1-2H3. The maximum atomic E-state index is 9.24. The molecule has 0 aliphatic rings. The predicted octanol–water partition coefficient (Wildman–Crippen LogP) is -1.29. The summed E-state index contributed by atoms with van der Waals surface area (Å²) < 4.78 is 24.8. The zero-order chi connectivity index (χ0) is 20.4. The van der Waals surface area contributed by atoms with Crippen LogP contribution in [0.2, 0.25) is 6.55 Å². The highest BCUT2D eigenvalue weighted by atomic mass is 28.4. The minimum absolute atomic E-state index is 0.0486. The lowest BCUT2D eigenvalue weighted by molar-refractivity contribution is 0.211. The molecule has 3 N–H and O–H groups in total. The summed E-state index contributed by atoms with van der Waals surface area (Å²) in [7, 11) is 2.59. The van der Waals surface area contributed by atoms with Crippen LogP contribution in [0.15, 0.2) is 30.3 Å². The van der Waals surface area contributed by atoms with Gasteiger partial charge in [0.15, 0.2) is 9.04 Å². The Morgan fingerprint density at radius 2 is 1.31 bits per heavy atom. The second-order valence-corrected chi connectivity index (χ2v) is 12.8. The molecule has 0 saturated heterocycles. The van der Waals surface area contributed by atoms with Crippen LogP contribution in [0, 0.1) is 0 Å². The van der Waals surface area contributed by atoms with Gasteiger partial charge < -0.3 is 37.4 Å². The first-order valence-corrected chi connectivity index (χ1v) is 14.2. The number of aliphatic hydroxyl groups excluding tert-OH is 3. The van der Waals surface area contributed by atoms with Gasteiger partial charge in [-0.3, -0.25) is 0 Å². The smallest absolute Gasteiger partial charge is 0.398 e. The molecule has 0 aromatic heterocycles. The summed E-state index contributed by atoms with van der Waals surface area (Å²) in [6.45, 7) is 1.94. The molecule has 0 aliphatic carbocycles. The second-order valence-electron chi connectivity index (χ2n) is 5.00. The molecule has 0 heterocycles. The summed E-state index contributed by atoms with van der Waals surface area (Å²) in [5.41, 5.74) is 0. The number of rotatable bonds is 9. The summed E-state index contributed by atoms with van der Waals surface area (Å²) in [6, 6.07) is 9.56. The van der Waals surface area contributed by atoms with Crippen molar-refractivity contribution < 1.29 is 37.4 Å². The minimum Gasteiger partial charge on any atom is -0.421 e. The van der Waals surface area contributed by atoms with Crippen molar-refractivity contribution >= 4 is 32.1 Å². The summed E-state index contributed by atoms with van der Waals surface area (Å²) in [5.74, 6) is 0. The Morgan fingerprint density at radius 3 is 1.50 bits per heavy atom. The fraction of sp³-hybridized carbons (Fsp3) is 0.600. The van der Waals surface area contributed by atoms with E-state index in [1.165, 1.54) is 14.2 Å². The van der Waals surface area contributed by atoms with Crippen LogP contribution < -0.4 is 5.19 Å². The van der Waals surface area contributed by atoms with Gasteiger partial charge in [-0.1, -0.05) is 30.3 Å². The van der Waals surface area contributed by atoms with Gasteiger partial charge in [0.1, 0.15) is 0 Å². The van der Waals surface area contributed by atoms with Crippen molar-refractivity contribution in [1.29, 1.82) is 0 Å². The van der Waals surface area contributed by atoms with Crippen LogP contribution in [0.3, 0.4) is 0 Å². The van der Waals surface area contributed by atoms with Gasteiger partial charge in [-0.25, -0.2) is 0 Å². The highest BCUT2D eigenvalue weighted by Crippen LogP contribution is 2.04. The third-order valence-electron chi connectivity index (χ3n) is 3.42. The van der Waals surface area contributed by atoms with E-state index in [0.717, 1.165) is 5.19 Å². The van der Waals surface area contributed by atoms with E-state index in [4.69, 9.17) is 32.3 Å². The van der Waals surface area contributed by atoms with E-state index in [1.807, 2.05) is 36.9 Å². The van der Waals surface area contributed by atoms with Crippen LogP contribution >= 0.6 is 0 Å². The predicted molar refractivity (Wildman–Crippen MR) is 108 cm³/mol. The third-order valence-corrected chi connectivity index (χ3v) is 9.03. The molecule has 154 valence electrons. The molecule has 1 rings (SSSR count). The number of hydrogen-bond acceptors (Lipinski definition) is 8. The Kier molecular flexibility index (Phi) is 19.2. The van der Waals surface area contributed by atoms with Crippen LogP contribution in [0.1, 0.15) is 0 Å². The zero-order valence-corrected chi connectivity index (χ0v) is 19.9. The molecule has 1 aromatic carbocycles. The largest absolute Gasteiger partial charge is 0.421 e. The monoisotopic (exact) mass is 426 g/mol. The SMILES string of the molecule is CO[SiH](C)CO.CO[SiH](CO)OC.CO[Si](CO)(OC)c1ccccc1. The second kappa shape index (κ2) is 17.9. The van der Waals surface area contributed by atoms with E-state index >= 15 is 0 Å². The van der Waals surface area contributed by atoms with Gasteiger partial charge in [-0.15, -0.1) is 0 Å². The summed E-state index contributed by atoms with van der Waals surface area (Å²) >= 11 is 0. The van der Waals surface area contributed by atoms with E-state index in [-0.39, 0.29) is 18.7 Å². The summed E-state index contributed by atoms with van der Waals surface area (Å²) in [4.78, 5) is 0. The first-order chi connectivity index (χ1) is 12.4. The van der Waals surface area contributed by atoms with Gasteiger partial charge in [-0.2, -0.15) is 0 Å². The van der Waals surface area contributed by atoms with Gasteiger partial charge >= 0.3 is 17.8 Å². The molecule has 1 aromatic rings. The van der Waals surface area contributed by atoms with Gasteiger partial charge in [-0.05, 0) is 11.7 Å². The van der Waals surface area contributed by atoms with E-state index in [9.17, 15) is 5.11 Å². The minimum atomic E-state index is -2.54. The molecule has 1 unspecified atom stereocenters. The number of benzene rings is 1. The van der Waals surface area contributed by atoms with Gasteiger partial charge in [0.25, 0.3) is 0 Å². The highest BCUT2D eigenvalue weighted by Gasteiger charge is 2.37. The van der Waals surface area contributed by atoms with Gasteiger partial charge in [0.05, 0.1) is 18.7 Å². The lowest BCUT2D eigenvalue weighted by atomic mass is 10.4. The van der Waals surface area contributed by atoms with Crippen molar-refractivity contribution in [2.24, 2.45) is 0 Å². The molecular formula is C15H34O8Si3. The zero-order valence-electron chi connectivity index (χ0n) is 16.5. The number of aliphatic hydroxyl groups is 3. The Morgan fingerprint density at radius 1 is 0.808 bits per heavy atom. The molecule has 26 heavy (non-hydrogen) atoms. The van der Waals surface area contributed by atoms with Crippen LogP contribution in [-0.2, 0) is 22.1 Å². The number of hydrogen-bond donors (Lipinski definition) is 3. The van der Waals surface area contributed by atoms with Crippen molar-refractivity contribution in [3.63, 3.8) is 0 Å². The first kappa shape index (κ1) is 27.8. The highest BCUT2D eigenvalue weighted by molar-refractivity contribution is 6.80. The Labute approximate surface area is 161 Å². The molecule has 0 fully saturated rings. The molecule has 0 radical (unpaired) electrons. The van der Waals surface area contributed by atoms with E-state index in [2.05, 4.69) is 0 Å². The molecule has 8 nitrogen and oxygen atoms in total. The lowest BCUT2D eigenvalue weighted by Crippen LogP contribution is -2.56. The summed E-state index contributed by atoms with van der Waals surface area (Å²) in [6.07, 6.45) is 0.230. The molecule has 0 amide bonds. The maximum Gasteiger partial charge on any atom is 0.398 e. The quantitative estimate of drug-likeness (QED) is 0.419. The van der Waals surface area contributed by atoms with Crippen molar-refractivity contribution in [2.75, 3.05) is 54.2 Å². The lowest BCUT2D eigenvalue weighted by Gasteiger charge is -2.25. The van der Waals surface area contributed by atoms with Crippen molar-refractivity contribution in [3.8, 4) is 0 Å². The third kappa shape index (κ3) is 11.3. The molecule has 1 atom stereocenters. The van der Waals surface area contributed by atoms with E-state index in [1.54, 1.807) is 21.3 Å². The molecule has 0 spiro atoms. The van der Waals surface area contributed by atoms with Gasteiger partial charge in [0, 0.05) is 35.5 Å². The molecule has 0 aliphatic heterocycles. The first-order valence-electron chi connectivity index (χ1n) is 8.01. The van der Waals surface area contributed by atoms with Crippen molar-refractivity contribution in [3.05, 3.63) is 30.3 Å². The van der Waals surface area contributed by atoms with Crippen molar-refractivity contribution in [1.82, 2.24) is 0 Å². The van der Waals surface area contributed by atoms with Gasteiger partial charge in [0.2, 0.25) is 0 Å². The molecule has 11 heteroatoms. The average molecular weight is 427 g/mol. The van der Waals surface area contributed by atoms with Crippen LogP contribution in [0.25, 0.3) is 0 Å².